The van der Waals surface area contributed by atoms with Gasteiger partial charge in [0.25, 0.3) is 5.69 Å². The Morgan fingerprint density at radius 3 is 2.85 bits per heavy atom. The normalized spacial score (nSPS) is 10.2. The number of rotatable bonds is 5. The summed E-state index contributed by atoms with van der Waals surface area (Å²) in [6.07, 6.45) is 3.36. The zero-order valence-corrected chi connectivity index (χ0v) is 10.5. The topological polar surface area (TPSA) is 107 Å². The van der Waals surface area contributed by atoms with Gasteiger partial charge in [-0.1, -0.05) is 0 Å². The number of carbonyl (C=O) groups is 1. The molecule has 0 amide bonds. The fraction of sp³-hybridized carbons (Fsp3) is 0.167. The Kier molecular flexibility index (Phi) is 3.65. The van der Waals surface area contributed by atoms with Gasteiger partial charge < -0.3 is 14.4 Å². The van der Waals surface area contributed by atoms with Crippen LogP contribution in [0.3, 0.4) is 0 Å². The van der Waals surface area contributed by atoms with Crippen LogP contribution in [0, 0.1) is 10.1 Å². The van der Waals surface area contributed by atoms with E-state index < -0.39 is 22.1 Å². The van der Waals surface area contributed by atoms with Crippen LogP contribution in [0.15, 0.2) is 30.6 Å². The van der Waals surface area contributed by atoms with Crippen LogP contribution in [-0.2, 0) is 13.7 Å². The second-order valence-corrected chi connectivity index (χ2v) is 3.98. The van der Waals surface area contributed by atoms with Gasteiger partial charge in [0.1, 0.15) is 23.7 Å². The van der Waals surface area contributed by atoms with E-state index in [1.807, 2.05) is 0 Å². The molecule has 0 fully saturated rings. The van der Waals surface area contributed by atoms with Crippen LogP contribution in [0.2, 0.25) is 0 Å². The summed E-state index contributed by atoms with van der Waals surface area (Å²) in [5.41, 5.74) is -0.880. The molecule has 0 saturated heterocycles. The van der Waals surface area contributed by atoms with E-state index in [1.54, 1.807) is 24.0 Å². The Bertz CT molecular complexity index is 665. The van der Waals surface area contributed by atoms with E-state index in [0.29, 0.717) is 5.82 Å². The van der Waals surface area contributed by atoms with Crippen LogP contribution >= 0.6 is 0 Å². The molecule has 8 heteroatoms. The van der Waals surface area contributed by atoms with Crippen molar-refractivity contribution < 1.29 is 19.6 Å². The SMILES string of the molecule is Cn1ccnc1COc1ccc([N+](=O)[O-])c(C(=O)O)c1. The largest absolute Gasteiger partial charge is 0.486 e. The number of nitro groups is 1. The van der Waals surface area contributed by atoms with Crippen LogP contribution in [0.4, 0.5) is 5.69 Å². The number of aryl methyl sites for hydroxylation is 1. The average molecular weight is 277 g/mol. The van der Waals surface area contributed by atoms with Crippen molar-refractivity contribution in [2.24, 2.45) is 7.05 Å². The van der Waals surface area contributed by atoms with E-state index in [9.17, 15) is 14.9 Å². The van der Waals surface area contributed by atoms with Crippen molar-refractivity contribution in [1.29, 1.82) is 0 Å². The molecule has 0 spiro atoms. The van der Waals surface area contributed by atoms with Gasteiger partial charge in [-0.05, 0) is 6.07 Å². The van der Waals surface area contributed by atoms with Gasteiger partial charge in [-0.25, -0.2) is 9.78 Å². The van der Waals surface area contributed by atoms with Crippen molar-refractivity contribution in [2.75, 3.05) is 0 Å². The van der Waals surface area contributed by atoms with Crippen molar-refractivity contribution in [3.05, 3.63) is 52.1 Å². The lowest BCUT2D eigenvalue weighted by Crippen LogP contribution is -2.06. The number of nitrogens with zero attached hydrogens (tertiary/aromatic N) is 3. The molecular weight excluding hydrogens is 266 g/mol. The van der Waals surface area contributed by atoms with E-state index in [0.717, 1.165) is 12.1 Å². The van der Waals surface area contributed by atoms with E-state index in [4.69, 9.17) is 9.84 Å². The minimum Gasteiger partial charge on any atom is -0.486 e. The molecule has 0 aliphatic rings. The summed E-state index contributed by atoms with van der Waals surface area (Å²) < 4.78 is 7.14. The Labute approximate surface area is 113 Å². The molecule has 1 N–H and O–H groups in total. The molecule has 0 aliphatic heterocycles. The first-order valence-corrected chi connectivity index (χ1v) is 5.60. The molecule has 0 radical (unpaired) electrons. The van der Waals surface area contributed by atoms with E-state index >= 15 is 0 Å². The van der Waals surface area contributed by atoms with Crippen molar-refractivity contribution in [3.8, 4) is 5.75 Å². The van der Waals surface area contributed by atoms with Crippen LogP contribution in [0.1, 0.15) is 16.2 Å². The molecule has 104 valence electrons. The maximum Gasteiger partial charge on any atom is 0.342 e. The lowest BCUT2D eigenvalue weighted by Gasteiger charge is -2.07. The minimum atomic E-state index is -1.38. The average Bonchev–Trinajstić information content (AvgIpc) is 2.81. The van der Waals surface area contributed by atoms with Gasteiger partial charge in [-0.15, -0.1) is 0 Å². The van der Waals surface area contributed by atoms with E-state index in [2.05, 4.69) is 4.98 Å². The number of aromatic nitrogens is 2. The summed E-state index contributed by atoms with van der Waals surface area (Å²) in [5.74, 6) is -0.490. The Morgan fingerprint density at radius 1 is 1.55 bits per heavy atom. The number of carboxylic acid groups (broad SMARTS) is 1. The van der Waals surface area contributed by atoms with Crippen molar-refractivity contribution >= 4 is 11.7 Å². The molecule has 0 aliphatic carbocycles. The van der Waals surface area contributed by atoms with Crippen LogP contribution < -0.4 is 4.74 Å². The van der Waals surface area contributed by atoms with Gasteiger partial charge in [-0.2, -0.15) is 0 Å². The number of nitro benzene ring substituents is 1. The van der Waals surface area contributed by atoms with E-state index in [-0.39, 0.29) is 12.4 Å². The fourth-order valence-corrected chi connectivity index (χ4v) is 1.62. The molecule has 1 aromatic heterocycles. The first-order chi connectivity index (χ1) is 9.49. The van der Waals surface area contributed by atoms with Gasteiger partial charge in [0, 0.05) is 31.6 Å². The second-order valence-electron chi connectivity index (χ2n) is 3.98. The summed E-state index contributed by atoms with van der Waals surface area (Å²) in [5, 5.41) is 19.7. The molecule has 2 rings (SSSR count). The highest BCUT2D eigenvalue weighted by Gasteiger charge is 2.20. The van der Waals surface area contributed by atoms with Crippen molar-refractivity contribution in [1.82, 2.24) is 9.55 Å². The maximum atomic E-state index is 11.0. The highest BCUT2D eigenvalue weighted by molar-refractivity contribution is 5.92. The van der Waals surface area contributed by atoms with E-state index in [1.165, 1.54) is 6.07 Å². The van der Waals surface area contributed by atoms with Crippen LogP contribution in [-0.4, -0.2) is 25.6 Å². The fourth-order valence-electron chi connectivity index (χ4n) is 1.62. The third kappa shape index (κ3) is 2.74. The van der Waals surface area contributed by atoms with Gasteiger partial charge in [0.05, 0.1) is 4.92 Å². The molecule has 0 saturated carbocycles. The molecule has 0 unspecified atom stereocenters. The predicted octanol–water partition coefficient (Wildman–Crippen LogP) is 1.61. The first kappa shape index (κ1) is 13.5. The maximum absolute atomic E-state index is 11.0. The molecule has 1 aromatic carbocycles. The molecule has 20 heavy (non-hydrogen) atoms. The first-order valence-electron chi connectivity index (χ1n) is 5.60. The number of hydrogen-bond donors (Lipinski definition) is 1. The molecule has 2 aromatic rings. The summed E-state index contributed by atoms with van der Waals surface area (Å²) in [6.45, 7) is 0.139. The number of ether oxygens (including phenoxy) is 1. The highest BCUT2D eigenvalue weighted by atomic mass is 16.6. The second kappa shape index (κ2) is 5.39. The summed E-state index contributed by atoms with van der Waals surface area (Å²) in [7, 11) is 1.80. The molecule has 0 atom stereocenters. The summed E-state index contributed by atoms with van der Waals surface area (Å²) >= 11 is 0. The number of aromatic carboxylic acids is 1. The molecule has 0 bridgehead atoms. The summed E-state index contributed by atoms with van der Waals surface area (Å²) in [4.78, 5) is 25.0. The zero-order chi connectivity index (χ0) is 14.7. The molecule has 1 heterocycles. The zero-order valence-electron chi connectivity index (χ0n) is 10.5. The highest BCUT2D eigenvalue weighted by Crippen LogP contribution is 2.24. The van der Waals surface area contributed by atoms with Crippen LogP contribution in [0.5, 0.6) is 5.75 Å². The van der Waals surface area contributed by atoms with Gasteiger partial charge in [0.2, 0.25) is 0 Å². The number of imidazole rings is 1. The Morgan fingerprint density at radius 2 is 2.30 bits per heavy atom. The third-order valence-corrected chi connectivity index (χ3v) is 2.68. The molecule has 8 nitrogen and oxygen atoms in total. The summed E-state index contributed by atoms with van der Waals surface area (Å²) in [6, 6.07) is 3.59. The van der Waals surface area contributed by atoms with Gasteiger partial charge >= 0.3 is 5.97 Å². The smallest absolute Gasteiger partial charge is 0.342 e. The van der Waals surface area contributed by atoms with Crippen LogP contribution in [0.25, 0.3) is 0 Å². The monoisotopic (exact) mass is 277 g/mol. The van der Waals surface area contributed by atoms with Crippen molar-refractivity contribution in [2.45, 2.75) is 6.61 Å². The Hall–Kier alpha value is -2.90. The minimum absolute atomic E-state index is 0.139. The van der Waals surface area contributed by atoms with Gasteiger partial charge in [-0.3, -0.25) is 10.1 Å². The quantitative estimate of drug-likeness (QED) is 0.657. The van der Waals surface area contributed by atoms with Gasteiger partial charge in [0.15, 0.2) is 0 Å². The number of hydrogen-bond acceptors (Lipinski definition) is 5. The number of carboxylic acids is 1. The lowest BCUT2D eigenvalue weighted by molar-refractivity contribution is -0.385. The predicted molar refractivity (Wildman–Crippen MR) is 67.6 cm³/mol. The third-order valence-electron chi connectivity index (χ3n) is 2.68. The number of benzene rings is 1. The molecular formula is C12H11N3O5. The Balaban J connectivity index is 2.21. The standard InChI is InChI=1S/C12H11N3O5/c1-14-5-4-13-11(14)7-20-8-2-3-10(15(18)19)9(6-8)12(16)17/h2-6H,7H2,1H3,(H,16,17). The lowest BCUT2D eigenvalue weighted by atomic mass is 10.1. The van der Waals surface area contributed by atoms with Crippen molar-refractivity contribution in [3.63, 3.8) is 0 Å².